The van der Waals surface area contributed by atoms with Crippen molar-refractivity contribution in [2.75, 3.05) is 27.4 Å². The average Bonchev–Trinajstić information content (AvgIpc) is 3.55. The van der Waals surface area contributed by atoms with Crippen LogP contribution in [0.1, 0.15) is 66.9 Å². The third-order valence-corrected chi connectivity index (χ3v) is 8.84. The highest BCUT2D eigenvalue weighted by atomic mass is 32.1. The number of amides is 1. The first-order valence-electron chi connectivity index (χ1n) is 14.3. The molecule has 2 N–H and O–H groups in total. The molecule has 0 radical (unpaired) electrons. The molecular weight excluding hydrogens is 590 g/mol. The highest BCUT2D eigenvalue weighted by molar-refractivity contribution is 7.20. The van der Waals surface area contributed by atoms with E-state index in [1.54, 1.807) is 30.2 Å². The number of aliphatic carboxylic acids is 2. The Balaban J connectivity index is 1.36. The monoisotopic (exact) mass is 627 g/mol. The first kappa shape index (κ1) is 32.6. The predicted octanol–water partition coefficient (Wildman–Crippen LogP) is 5.57. The Morgan fingerprint density at radius 2 is 1.45 bits per heavy atom. The summed E-state index contributed by atoms with van der Waals surface area (Å²) < 4.78 is 23.9. The van der Waals surface area contributed by atoms with Gasteiger partial charge in [-0.05, 0) is 47.7 Å². The fraction of sp³-hybridized carbons (Fsp3) is 0.438. The van der Waals surface area contributed by atoms with Gasteiger partial charge in [-0.2, -0.15) is 0 Å². The van der Waals surface area contributed by atoms with Crippen molar-refractivity contribution in [1.29, 1.82) is 0 Å². The lowest BCUT2D eigenvalue weighted by Gasteiger charge is -2.23. The SMILES string of the molecule is COc1cc2c(cc1OCCCOc1cc3cc(C(=O)C[C@H](C)C(=O)O)sc3cc1OC)C(C)N(C(=O)CC(C)C(=O)O)C2. The number of Topliss-reactive ketones (excluding diaryl/α,β-unsaturated/α-hetero) is 1. The minimum Gasteiger partial charge on any atom is -0.493 e. The molecule has 0 saturated carbocycles. The van der Waals surface area contributed by atoms with Crippen LogP contribution in [0.15, 0.2) is 30.3 Å². The number of nitrogens with zero attached hydrogens (tertiary/aromatic N) is 1. The van der Waals surface area contributed by atoms with E-state index in [0.29, 0.717) is 54.1 Å². The molecule has 44 heavy (non-hydrogen) atoms. The Hall–Kier alpha value is -4.32. The highest BCUT2D eigenvalue weighted by Crippen LogP contribution is 2.41. The molecule has 11 nitrogen and oxygen atoms in total. The van der Waals surface area contributed by atoms with Crippen LogP contribution < -0.4 is 18.9 Å². The average molecular weight is 628 g/mol. The summed E-state index contributed by atoms with van der Waals surface area (Å²) in [6.07, 6.45) is 0.401. The lowest BCUT2D eigenvalue weighted by atomic mass is 10.0. The summed E-state index contributed by atoms with van der Waals surface area (Å²) in [6, 6.07) is 8.85. The molecule has 2 heterocycles. The zero-order valence-corrected chi connectivity index (χ0v) is 26.2. The van der Waals surface area contributed by atoms with E-state index in [4.69, 9.17) is 24.1 Å². The Bertz CT molecular complexity index is 1560. The maximum Gasteiger partial charge on any atom is 0.306 e. The van der Waals surface area contributed by atoms with E-state index in [2.05, 4.69) is 0 Å². The van der Waals surface area contributed by atoms with Crippen molar-refractivity contribution in [1.82, 2.24) is 4.90 Å². The van der Waals surface area contributed by atoms with E-state index < -0.39 is 23.8 Å². The summed E-state index contributed by atoms with van der Waals surface area (Å²) in [5.41, 5.74) is 1.86. The van der Waals surface area contributed by atoms with Crippen molar-refractivity contribution in [2.45, 2.75) is 52.6 Å². The van der Waals surface area contributed by atoms with Crippen LogP contribution in [0.4, 0.5) is 0 Å². The molecule has 3 aromatic rings. The first-order valence-corrected chi connectivity index (χ1v) is 15.1. The quantitative estimate of drug-likeness (QED) is 0.162. The molecule has 4 rings (SSSR count). The summed E-state index contributed by atoms with van der Waals surface area (Å²) in [5.74, 6) is -1.85. The van der Waals surface area contributed by atoms with Crippen LogP contribution in [0.25, 0.3) is 10.1 Å². The molecule has 2 unspecified atom stereocenters. The number of ether oxygens (including phenoxy) is 4. The molecule has 12 heteroatoms. The summed E-state index contributed by atoms with van der Waals surface area (Å²) >= 11 is 1.29. The lowest BCUT2D eigenvalue weighted by Crippen LogP contribution is -2.30. The van der Waals surface area contributed by atoms with Crippen LogP contribution >= 0.6 is 11.3 Å². The van der Waals surface area contributed by atoms with Gasteiger partial charge in [-0.1, -0.05) is 13.8 Å². The Morgan fingerprint density at radius 1 is 0.864 bits per heavy atom. The number of methoxy groups -OCH3 is 2. The van der Waals surface area contributed by atoms with Gasteiger partial charge in [-0.25, -0.2) is 0 Å². The third-order valence-electron chi connectivity index (χ3n) is 7.70. The minimum absolute atomic E-state index is 0.0658. The standard InChI is InChI=1S/C32H37NO10S/c1-17(31(36)37)9-23(34)29-13-20-11-26(25(41-5)15-28(20)44-29)42-7-6-8-43-27-14-22-19(3)33(16-21(22)12-24(27)40-4)30(35)10-18(2)32(38)39/h11-15,17-19H,6-10,16H2,1-5H3,(H,36,37)(H,38,39)/t17-,18?,19?/m0/s1. The maximum absolute atomic E-state index is 12.8. The maximum atomic E-state index is 12.8. The molecule has 0 fully saturated rings. The molecule has 0 spiro atoms. The van der Waals surface area contributed by atoms with Gasteiger partial charge in [0.25, 0.3) is 0 Å². The predicted molar refractivity (Wildman–Crippen MR) is 163 cm³/mol. The molecule has 236 valence electrons. The van der Waals surface area contributed by atoms with Gasteiger partial charge in [0.2, 0.25) is 5.91 Å². The molecular formula is C32H37NO10S. The van der Waals surface area contributed by atoms with E-state index in [1.165, 1.54) is 32.3 Å². The topological polar surface area (TPSA) is 149 Å². The number of ketones is 1. The summed E-state index contributed by atoms with van der Waals surface area (Å²) in [6.45, 7) is 5.96. The summed E-state index contributed by atoms with van der Waals surface area (Å²) in [7, 11) is 3.08. The van der Waals surface area contributed by atoms with E-state index in [9.17, 15) is 24.3 Å². The van der Waals surface area contributed by atoms with Crippen LogP contribution in [0.3, 0.4) is 0 Å². The second kappa shape index (κ2) is 14.0. The number of hydrogen-bond acceptors (Lipinski definition) is 9. The van der Waals surface area contributed by atoms with Gasteiger partial charge in [-0.15, -0.1) is 11.3 Å². The molecule has 1 aromatic heterocycles. The molecule has 0 aliphatic carbocycles. The number of hydrogen-bond donors (Lipinski definition) is 2. The van der Waals surface area contributed by atoms with Gasteiger partial charge in [-0.3, -0.25) is 19.2 Å². The van der Waals surface area contributed by atoms with Crippen molar-refractivity contribution in [3.05, 3.63) is 46.3 Å². The van der Waals surface area contributed by atoms with Crippen molar-refractivity contribution in [2.24, 2.45) is 11.8 Å². The van der Waals surface area contributed by atoms with Crippen molar-refractivity contribution in [3.63, 3.8) is 0 Å². The number of rotatable bonds is 15. The van der Waals surface area contributed by atoms with Gasteiger partial charge in [0.05, 0.1) is 50.2 Å². The fourth-order valence-corrected chi connectivity index (χ4v) is 6.04. The minimum atomic E-state index is -1.01. The van der Waals surface area contributed by atoms with E-state index in [1.807, 2.05) is 19.1 Å². The van der Waals surface area contributed by atoms with Gasteiger partial charge in [0.15, 0.2) is 28.8 Å². The van der Waals surface area contributed by atoms with Crippen LogP contribution in [-0.4, -0.2) is 66.2 Å². The number of carboxylic acid groups (broad SMARTS) is 2. The van der Waals surface area contributed by atoms with Crippen molar-refractivity contribution >= 4 is 45.1 Å². The van der Waals surface area contributed by atoms with E-state index in [-0.39, 0.29) is 30.6 Å². The molecule has 1 aliphatic heterocycles. The van der Waals surface area contributed by atoms with Gasteiger partial charge >= 0.3 is 11.9 Å². The molecule has 0 saturated heterocycles. The number of benzene rings is 2. The van der Waals surface area contributed by atoms with Crippen LogP contribution in [0, 0.1) is 11.8 Å². The highest BCUT2D eigenvalue weighted by Gasteiger charge is 2.33. The molecule has 1 amide bonds. The third kappa shape index (κ3) is 7.24. The second-order valence-electron chi connectivity index (χ2n) is 10.9. The van der Waals surface area contributed by atoms with Gasteiger partial charge in [0, 0.05) is 36.6 Å². The Kier molecular flexibility index (Phi) is 10.4. The number of carboxylic acids is 2. The van der Waals surface area contributed by atoms with E-state index >= 15 is 0 Å². The summed E-state index contributed by atoms with van der Waals surface area (Å²) in [4.78, 5) is 49.9. The summed E-state index contributed by atoms with van der Waals surface area (Å²) in [5, 5.41) is 19.1. The van der Waals surface area contributed by atoms with E-state index in [0.717, 1.165) is 21.2 Å². The molecule has 3 atom stereocenters. The van der Waals surface area contributed by atoms with Gasteiger partial charge < -0.3 is 34.1 Å². The number of thiophene rings is 1. The zero-order valence-electron chi connectivity index (χ0n) is 25.4. The zero-order chi connectivity index (χ0) is 32.1. The molecule has 0 bridgehead atoms. The largest absolute Gasteiger partial charge is 0.493 e. The van der Waals surface area contributed by atoms with Crippen LogP contribution in [0.5, 0.6) is 23.0 Å². The number of fused-ring (bicyclic) bond motifs is 2. The van der Waals surface area contributed by atoms with Crippen molar-refractivity contribution in [3.8, 4) is 23.0 Å². The Morgan fingerprint density at radius 3 is 2.07 bits per heavy atom. The lowest BCUT2D eigenvalue weighted by molar-refractivity contribution is -0.146. The second-order valence-corrected chi connectivity index (χ2v) is 12.0. The smallest absolute Gasteiger partial charge is 0.306 e. The van der Waals surface area contributed by atoms with Gasteiger partial charge in [0.1, 0.15) is 0 Å². The fourth-order valence-electron chi connectivity index (χ4n) is 5.02. The molecule has 2 aromatic carbocycles. The van der Waals surface area contributed by atoms with Crippen molar-refractivity contribution < 1.29 is 48.3 Å². The normalized spacial score (nSPS) is 15.4. The Labute approximate surface area is 259 Å². The van der Waals surface area contributed by atoms with Crippen LogP contribution in [-0.2, 0) is 20.9 Å². The van der Waals surface area contributed by atoms with Crippen LogP contribution in [0.2, 0.25) is 0 Å². The number of carbonyl (C=O) groups is 4. The first-order chi connectivity index (χ1) is 20.9. The molecule has 1 aliphatic rings. The number of carbonyl (C=O) groups excluding carboxylic acids is 2.